The third-order valence-corrected chi connectivity index (χ3v) is 2.63. The van der Waals surface area contributed by atoms with Crippen molar-refractivity contribution in [2.45, 2.75) is 33.6 Å². The van der Waals surface area contributed by atoms with E-state index in [1.165, 1.54) is 0 Å². The van der Waals surface area contributed by atoms with Gasteiger partial charge in [-0.2, -0.15) is 0 Å². The Balaban J connectivity index is 2.66. The molecule has 2 nitrogen and oxygen atoms in total. The van der Waals surface area contributed by atoms with Gasteiger partial charge in [-0.3, -0.25) is 9.59 Å². The fraction of sp³-hybridized carbons (Fsp3) is 0.800. The molecule has 0 aromatic carbocycles. The zero-order valence-electron chi connectivity index (χ0n) is 7.96. The quantitative estimate of drug-likeness (QED) is 0.589. The van der Waals surface area contributed by atoms with Gasteiger partial charge < -0.3 is 0 Å². The zero-order valence-corrected chi connectivity index (χ0v) is 7.96. The van der Waals surface area contributed by atoms with Gasteiger partial charge in [-0.1, -0.05) is 20.8 Å². The molecule has 1 aliphatic rings. The lowest BCUT2D eigenvalue weighted by atomic mass is 9.92. The van der Waals surface area contributed by atoms with E-state index in [1.807, 2.05) is 20.8 Å². The highest BCUT2D eigenvalue weighted by atomic mass is 16.2. The van der Waals surface area contributed by atoms with Gasteiger partial charge in [-0.25, -0.2) is 0 Å². The van der Waals surface area contributed by atoms with E-state index in [-0.39, 0.29) is 29.3 Å². The molecule has 2 atom stereocenters. The Bertz CT molecular complexity index is 206. The van der Waals surface area contributed by atoms with Crippen molar-refractivity contribution in [2.75, 3.05) is 0 Å². The molecule has 0 saturated heterocycles. The predicted molar refractivity (Wildman–Crippen MR) is 46.7 cm³/mol. The van der Waals surface area contributed by atoms with Crippen LogP contribution in [0.15, 0.2) is 0 Å². The number of carbonyl (C=O) groups excluding carboxylic acids is 2. The Morgan fingerprint density at radius 3 is 2.33 bits per heavy atom. The summed E-state index contributed by atoms with van der Waals surface area (Å²) in [5, 5.41) is 0. The summed E-state index contributed by atoms with van der Waals surface area (Å²) in [4.78, 5) is 22.9. The lowest BCUT2D eigenvalue weighted by Gasteiger charge is -2.09. The highest BCUT2D eigenvalue weighted by molar-refractivity contribution is 6.05. The maximum absolute atomic E-state index is 11.5. The predicted octanol–water partition coefficient (Wildman–Crippen LogP) is 1.83. The van der Waals surface area contributed by atoms with E-state index >= 15 is 0 Å². The van der Waals surface area contributed by atoms with E-state index < -0.39 is 0 Å². The van der Waals surface area contributed by atoms with Crippen molar-refractivity contribution in [2.24, 2.45) is 17.8 Å². The van der Waals surface area contributed by atoms with Crippen molar-refractivity contribution >= 4 is 11.6 Å². The minimum Gasteiger partial charge on any atom is -0.299 e. The lowest BCUT2D eigenvalue weighted by molar-refractivity contribution is -0.133. The van der Waals surface area contributed by atoms with Gasteiger partial charge in [0.1, 0.15) is 11.6 Å². The second-order valence-electron chi connectivity index (χ2n) is 3.99. The summed E-state index contributed by atoms with van der Waals surface area (Å²) in [5.41, 5.74) is 0. The minimum atomic E-state index is -0.278. The molecule has 0 aromatic rings. The van der Waals surface area contributed by atoms with Gasteiger partial charge in [0, 0.05) is 11.8 Å². The first-order valence-corrected chi connectivity index (χ1v) is 4.61. The summed E-state index contributed by atoms with van der Waals surface area (Å²) < 4.78 is 0. The molecular weight excluding hydrogens is 152 g/mol. The summed E-state index contributed by atoms with van der Waals surface area (Å²) >= 11 is 0. The molecular formula is C10H16O2. The third kappa shape index (κ3) is 1.57. The summed E-state index contributed by atoms with van der Waals surface area (Å²) in [6.07, 6.45) is 1.67. The summed E-state index contributed by atoms with van der Waals surface area (Å²) in [7, 11) is 0. The zero-order chi connectivity index (χ0) is 9.30. The largest absolute Gasteiger partial charge is 0.299 e. The Labute approximate surface area is 73.3 Å². The monoisotopic (exact) mass is 168 g/mol. The molecule has 0 radical (unpaired) electrons. The second-order valence-corrected chi connectivity index (χ2v) is 3.99. The lowest BCUT2D eigenvalue weighted by Crippen LogP contribution is -2.25. The van der Waals surface area contributed by atoms with E-state index in [9.17, 15) is 9.59 Å². The Hall–Kier alpha value is -0.660. The van der Waals surface area contributed by atoms with Crippen LogP contribution in [-0.4, -0.2) is 11.6 Å². The van der Waals surface area contributed by atoms with Crippen molar-refractivity contribution < 1.29 is 9.59 Å². The second kappa shape index (κ2) is 3.38. The van der Waals surface area contributed by atoms with E-state index in [4.69, 9.17) is 0 Å². The summed E-state index contributed by atoms with van der Waals surface area (Å²) in [5.74, 6) is 0.125. The highest BCUT2D eigenvalue weighted by Crippen LogP contribution is 2.29. The third-order valence-electron chi connectivity index (χ3n) is 2.63. The van der Waals surface area contributed by atoms with E-state index in [1.54, 1.807) is 0 Å². The Kier molecular flexibility index (Phi) is 2.65. The molecule has 1 saturated carbocycles. The Morgan fingerprint density at radius 1 is 1.42 bits per heavy atom. The first-order valence-electron chi connectivity index (χ1n) is 4.61. The van der Waals surface area contributed by atoms with E-state index in [2.05, 4.69) is 0 Å². The van der Waals surface area contributed by atoms with Crippen LogP contribution in [0.5, 0.6) is 0 Å². The standard InChI is InChI=1S/C10H16O2/c1-6(2)9(11)8-5-4-7(3)10(8)12/h6-8H,4-5H2,1-3H3. The highest BCUT2D eigenvalue weighted by Gasteiger charge is 2.36. The Morgan fingerprint density at radius 2 is 2.00 bits per heavy atom. The molecule has 68 valence electrons. The van der Waals surface area contributed by atoms with Crippen LogP contribution >= 0.6 is 0 Å². The van der Waals surface area contributed by atoms with Gasteiger partial charge >= 0.3 is 0 Å². The molecule has 0 aliphatic heterocycles. The van der Waals surface area contributed by atoms with Crippen LogP contribution in [-0.2, 0) is 9.59 Å². The molecule has 1 aliphatic carbocycles. The minimum absolute atomic E-state index is 0.00394. The first kappa shape index (κ1) is 9.43. The van der Waals surface area contributed by atoms with Gasteiger partial charge in [-0.05, 0) is 12.8 Å². The van der Waals surface area contributed by atoms with Gasteiger partial charge in [0.05, 0.1) is 5.92 Å². The number of hydrogen-bond donors (Lipinski definition) is 0. The molecule has 0 N–H and O–H groups in total. The molecule has 12 heavy (non-hydrogen) atoms. The fourth-order valence-corrected chi connectivity index (χ4v) is 1.73. The number of Topliss-reactive ketones (excluding diaryl/α,β-unsaturated/α-hetero) is 2. The van der Waals surface area contributed by atoms with Crippen LogP contribution < -0.4 is 0 Å². The van der Waals surface area contributed by atoms with Gasteiger partial charge in [0.25, 0.3) is 0 Å². The van der Waals surface area contributed by atoms with Gasteiger partial charge in [0.15, 0.2) is 0 Å². The number of hydrogen-bond acceptors (Lipinski definition) is 2. The van der Waals surface area contributed by atoms with Gasteiger partial charge in [0.2, 0.25) is 0 Å². The topological polar surface area (TPSA) is 34.1 Å². The molecule has 1 fully saturated rings. The van der Waals surface area contributed by atoms with Crippen LogP contribution in [0.1, 0.15) is 33.6 Å². The van der Waals surface area contributed by atoms with E-state index in [0.717, 1.165) is 12.8 Å². The molecule has 2 unspecified atom stereocenters. The van der Waals surface area contributed by atoms with Crippen LogP contribution in [0.4, 0.5) is 0 Å². The molecule has 0 heterocycles. The van der Waals surface area contributed by atoms with Crippen molar-refractivity contribution in [3.8, 4) is 0 Å². The molecule has 1 rings (SSSR count). The van der Waals surface area contributed by atoms with Crippen molar-refractivity contribution in [1.82, 2.24) is 0 Å². The average Bonchev–Trinajstić information content (AvgIpc) is 2.32. The normalized spacial score (nSPS) is 29.8. The van der Waals surface area contributed by atoms with Crippen LogP contribution in [0, 0.1) is 17.8 Å². The van der Waals surface area contributed by atoms with Crippen LogP contribution in [0.3, 0.4) is 0 Å². The van der Waals surface area contributed by atoms with Crippen LogP contribution in [0.2, 0.25) is 0 Å². The summed E-state index contributed by atoms with van der Waals surface area (Å²) in [6.45, 7) is 5.63. The summed E-state index contributed by atoms with van der Waals surface area (Å²) in [6, 6.07) is 0. The van der Waals surface area contributed by atoms with Crippen molar-refractivity contribution in [1.29, 1.82) is 0 Å². The van der Waals surface area contributed by atoms with Crippen LogP contribution in [0.25, 0.3) is 0 Å². The maximum Gasteiger partial charge on any atom is 0.146 e. The maximum atomic E-state index is 11.5. The number of rotatable bonds is 2. The number of ketones is 2. The number of carbonyl (C=O) groups is 2. The SMILES string of the molecule is CC(C)C(=O)C1CCC(C)C1=O. The molecule has 0 bridgehead atoms. The molecule has 2 heteroatoms. The smallest absolute Gasteiger partial charge is 0.146 e. The fourth-order valence-electron chi connectivity index (χ4n) is 1.73. The van der Waals surface area contributed by atoms with Gasteiger partial charge in [-0.15, -0.1) is 0 Å². The first-order chi connectivity index (χ1) is 5.54. The average molecular weight is 168 g/mol. The molecule has 0 amide bonds. The molecule has 0 aromatic heterocycles. The van der Waals surface area contributed by atoms with Crippen molar-refractivity contribution in [3.63, 3.8) is 0 Å². The van der Waals surface area contributed by atoms with E-state index in [0.29, 0.717) is 0 Å². The van der Waals surface area contributed by atoms with Crippen molar-refractivity contribution in [3.05, 3.63) is 0 Å². The molecule has 0 spiro atoms.